The van der Waals surface area contributed by atoms with Crippen LogP contribution in [0.4, 0.5) is 5.69 Å². The van der Waals surface area contributed by atoms with E-state index in [2.05, 4.69) is 15.4 Å². The van der Waals surface area contributed by atoms with E-state index in [1.807, 2.05) is 0 Å². The predicted octanol–water partition coefficient (Wildman–Crippen LogP) is 1.24. The Kier molecular flexibility index (Phi) is 4.52. The molecule has 0 atom stereocenters. The number of aliphatic hydroxyl groups is 1. The van der Waals surface area contributed by atoms with Crippen LogP contribution in [-0.4, -0.2) is 44.1 Å². The molecule has 0 aliphatic carbocycles. The number of carbonyl (C=O) groups is 1. The van der Waals surface area contributed by atoms with Gasteiger partial charge in [0.1, 0.15) is 5.56 Å². The Morgan fingerprint density at radius 3 is 2.85 bits per heavy atom. The van der Waals surface area contributed by atoms with Gasteiger partial charge in [-0.15, -0.1) is 0 Å². The molecule has 7 nitrogen and oxygen atoms in total. The number of unbranched alkanes of at least 4 members (excludes halogenated alkanes) is 2. The van der Waals surface area contributed by atoms with E-state index in [4.69, 9.17) is 5.11 Å². The molecule has 20 heavy (non-hydrogen) atoms. The van der Waals surface area contributed by atoms with Crippen LogP contribution in [0.15, 0.2) is 12.4 Å². The maximum atomic E-state index is 11.3. The molecule has 0 bridgehead atoms. The van der Waals surface area contributed by atoms with Gasteiger partial charge in [0.2, 0.25) is 0 Å². The number of aromatic nitrogens is 3. The summed E-state index contributed by atoms with van der Waals surface area (Å²) in [7, 11) is 1.76. The van der Waals surface area contributed by atoms with E-state index < -0.39 is 5.97 Å². The van der Waals surface area contributed by atoms with E-state index in [1.165, 1.54) is 6.20 Å². The molecular formula is C13H18N4O3. The fourth-order valence-corrected chi connectivity index (χ4v) is 2.08. The maximum Gasteiger partial charge on any atom is 0.339 e. The lowest BCUT2D eigenvalue weighted by molar-refractivity contribution is 0.0697. The van der Waals surface area contributed by atoms with E-state index in [0.29, 0.717) is 23.3 Å². The fraction of sp³-hybridized carbons (Fsp3) is 0.462. The summed E-state index contributed by atoms with van der Waals surface area (Å²) >= 11 is 0. The molecule has 0 saturated heterocycles. The van der Waals surface area contributed by atoms with E-state index >= 15 is 0 Å². The van der Waals surface area contributed by atoms with Gasteiger partial charge in [-0.3, -0.25) is 4.68 Å². The molecule has 0 radical (unpaired) electrons. The van der Waals surface area contributed by atoms with Crippen LogP contribution in [0.25, 0.3) is 11.0 Å². The average molecular weight is 278 g/mol. The first-order valence-electron chi connectivity index (χ1n) is 6.54. The van der Waals surface area contributed by atoms with Crippen molar-refractivity contribution in [2.24, 2.45) is 7.05 Å². The van der Waals surface area contributed by atoms with Crippen molar-refractivity contribution in [3.8, 4) is 0 Å². The molecule has 108 valence electrons. The van der Waals surface area contributed by atoms with Gasteiger partial charge in [-0.2, -0.15) is 5.10 Å². The number of anilines is 1. The van der Waals surface area contributed by atoms with Crippen molar-refractivity contribution >= 4 is 22.7 Å². The first kappa shape index (κ1) is 14.3. The molecule has 0 amide bonds. The lowest BCUT2D eigenvalue weighted by Crippen LogP contribution is -2.09. The zero-order chi connectivity index (χ0) is 14.5. The van der Waals surface area contributed by atoms with Crippen molar-refractivity contribution in [3.63, 3.8) is 0 Å². The molecule has 2 aromatic rings. The summed E-state index contributed by atoms with van der Waals surface area (Å²) in [6, 6.07) is 0. The highest BCUT2D eigenvalue weighted by Gasteiger charge is 2.16. The molecule has 0 saturated carbocycles. The number of fused-ring (bicyclic) bond motifs is 1. The van der Waals surface area contributed by atoms with Gasteiger partial charge in [0, 0.05) is 26.4 Å². The number of aliphatic hydroxyl groups excluding tert-OH is 1. The van der Waals surface area contributed by atoms with E-state index in [9.17, 15) is 9.90 Å². The van der Waals surface area contributed by atoms with Crippen LogP contribution < -0.4 is 5.32 Å². The topological polar surface area (TPSA) is 100 Å². The number of carboxylic acid groups (broad SMARTS) is 1. The third-order valence-corrected chi connectivity index (χ3v) is 3.13. The number of nitrogens with one attached hydrogen (secondary N) is 1. The molecule has 7 heteroatoms. The van der Waals surface area contributed by atoms with Gasteiger partial charge in [-0.05, 0) is 19.3 Å². The monoisotopic (exact) mass is 278 g/mol. The molecule has 2 heterocycles. The summed E-state index contributed by atoms with van der Waals surface area (Å²) in [5, 5.41) is 25.9. The molecule has 0 spiro atoms. The van der Waals surface area contributed by atoms with Gasteiger partial charge < -0.3 is 15.5 Å². The quantitative estimate of drug-likeness (QED) is 0.659. The van der Waals surface area contributed by atoms with Crippen LogP contribution in [0.2, 0.25) is 0 Å². The van der Waals surface area contributed by atoms with Crippen LogP contribution in [0.3, 0.4) is 0 Å². The van der Waals surface area contributed by atoms with Gasteiger partial charge >= 0.3 is 5.97 Å². The summed E-state index contributed by atoms with van der Waals surface area (Å²) in [6.07, 6.45) is 5.48. The number of carboxylic acids is 1. The molecular weight excluding hydrogens is 260 g/mol. The highest BCUT2D eigenvalue weighted by molar-refractivity contribution is 6.03. The Hall–Kier alpha value is -2.15. The van der Waals surface area contributed by atoms with Crippen LogP contribution in [0.1, 0.15) is 29.6 Å². The van der Waals surface area contributed by atoms with Gasteiger partial charge in [-0.1, -0.05) is 0 Å². The lowest BCUT2D eigenvalue weighted by atomic mass is 10.1. The summed E-state index contributed by atoms with van der Waals surface area (Å²) in [5.41, 5.74) is 1.35. The highest BCUT2D eigenvalue weighted by Crippen LogP contribution is 2.25. The Balaban J connectivity index is 2.23. The molecule has 0 aliphatic rings. The van der Waals surface area contributed by atoms with Crippen molar-refractivity contribution in [2.75, 3.05) is 18.5 Å². The fourth-order valence-electron chi connectivity index (χ4n) is 2.08. The summed E-state index contributed by atoms with van der Waals surface area (Å²) in [6.45, 7) is 0.830. The zero-order valence-electron chi connectivity index (χ0n) is 11.3. The standard InChI is InChI=1S/C13H18N4O3/c1-17-12-9(8-16-17)11(10(7-15-12)13(19)20)14-5-3-2-4-6-18/h7-8,18H,2-6H2,1H3,(H,14,15)(H,19,20). The zero-order valence-corrected chi connectivity index (χ0v) is 11.3. The minimum Gasteiger partial charge on any atom is -0.478 e. The maximum absolute atomic E-state index is 11.3. The Labute approximate surface area is 116 Å². The third-order valence-electron chi connectivity index (χ3n) is 3.13. The number of hydrogen-bond acceptors (Lipinski definition) is 5. The van der Waals surface area contributed by atoms with Gasteiger partial charge in [-0.25, -0.2) is 9.78 Å². The number of rotatable bonds is 7. The Morgan fingerprint density at radius 2 is 2.15 bits per heavy atom. The van der Waals surface area contributed by atoms with Crippen molar-refractivity contribution in [3.05, 3.63) is 18.0 Å². The molecule has 0 aliphatic heterocycles. The third kappa shape index (κ3) is 2.88. The molecule has 2 rings (SSSR count). The van der Waals surface area contributed by atoms with Crippen molar-refractivity contribution in [1.82, 2.24) is 14.8 Å². The molecule has 0 fully saturated rings. The summed E-state index contributed by atoms with van der Waals surface area (Å²) < 4.78 is 1.61. The van der Waals surface area contributed by atoms with Gasteiger partial charge in [0.25, 0.3) is 0 Å². The SMILES string of the molecule is Cn1ncc2c(NCCCCCO)c(C(=O)O)cnc21. The second-order valence-corrected chi connectivity index (χ2v) is 4.57. The number of aromatic carboxylic acids is 1. The van der Waals surface area contributed by atoms with Crippen molar-refractivity contribution in [1.29, 1.82) is 0 Å². The van der Waals surface area contributed by atoms with Crippen LogP contribution >= 0.6 is 0 Å². The molecule has 0 unspecified atom stereocenters. The van der Waals surface area contributed by atoms with Crippen LogP contribution in [0, 0.1) is 0 Å². The Morgan fingerprint density at radius 1 is 1.35 bits per heavy atom. The minimum absolute atomic E-state index is 0.146. The van der Waals surface area contributed by atoms with Gasteiger partial charge in [0.05, 0.1) is 17.3 Å². The van der Waals surface area contributed by atoms with E-state index in [0.717, 1.165) is 19.3 Å². The second-order valence-electron chi connectivity index (χ2n) is 4.57. The lowest BCUT2D eigenvalue weighted by Gasteiger charge is -2.10. The molecule has 2 aromatic heterocycles. The number of pyridine rings is 1. The minimum atomic E-state index is -1.01. The summed E-state index contributed by atoms with van der Waals surface area (Å²) in [5.74, 6) is -1.01. The van der Waals surface area contributed by atoms with E-state index in [1.54, 1.807) is 17.9 Å². The molecule has 0 aromatic carbocycles. The Bertz CT molecular complexity index is 609. The smallest absolute Gasteiger partial charge is 0.339 e. The van der Waals surface area contributed by atoms with Crippen LogP contribution in [0.5, 0.6) is 0 Å². The molecule has 3 N–H and O–H groups in total. The largest absolute Gasteiger partial charge is 0.478 e. The number of aryl methyl sites for hydroxylation is 1. The number of nitrogens with zero attached hydrogens (tertiary/aromatic N) is 3. The second kappa shape index (κ2) is 6.33. The summed E-state index contributed by atoms with van der Waals surface area (Å²) in [4.78, 5) is 15.4. The van der Waals surface area contributed by atoms with Gasteiger partial charge in [0.15, 0.2) is 5.65 Å². The van der Waals surface area contributed by atoms with Crippen LogP contribution in [-0.2, 0) is 7.05 Å². The number of hydrogen-bond donors (Lipinski definition) is 3. The average Bonchev–Trinajstić information content (AvgIpc) is 2.80. The van der Waals surface area contributed by atoms with E-state index in [-0.39, 0.29) is 12.2 Å². The van der Waals surface area contributed by atoms with Crippen molar-refractivity contribution < 1.29 is 15.0 Å². The first-order valence-corrected chi connectivity index (χ1v) is 6.54. The predicted molar refractivity (Wildman–Crippen MR) is 74.9 cm³/mol. The van der Waals surface area contributed by atoms with Crippen molar-refractivity contribution in [2.45, 2.75) is 19.3 Å². The first-order chi connectivity index (χ1) is 9.65. The normalized spacial score (nSPS) is 10.9. The highest BCUT2D eigenvalue weighted by atomic mass is 16.4.